The van der Waals surface area contributed by atoms with Gasteiger partial charge in [0.15, 0.2) is 0 Å². The molecule has 6 heteroatoms. The first kappa shape index (κ1) is 14.8. The van der Waals surface area contributed by atoms with Gasteiger partial charge >= 0.3 is 0 Å². The summed E-state index contributed by atoms with van der Waals surface area (Å²) in [5.41, 5.74) is 1.50. The highest BCUT2D eigenvalue weighted by Crippen LogP contribution is 2.26. The van der Waals surface area contributed by atoms with Crippen molar-refractivity contribution in [3.8, 4) is 0 Å². The summed E-state index contributed by atoms with van der Waals surface area (Å²) >= 11 is 5.94. The molecule has 2 aromatic carbocycles. The lowest BCUT2D eigenvalue weighted by atomic mass is 10.2. The van der Waals surface area contributed by atoms with Crippen LogP contribution >= 0.6 is 11.6 Å². The van der Waals surface area contributed by atoms with Crippen LogP contribution < -0.4 is 4.72 Å². The molecule has 0 aromatic heterocycles. The summed E-state index contributed by atoms with van der Waals surface area (Å²) in [7, 11) is -3.92. The smallest absolute Gasteiger partial charge is 0.263 e. The highest BCUT2D eigenvalue weighted by molar-refractivity contribution is 7.92. The number of sulfonamides is 1. The number of hydrogen-bond donors (Lipinski definition) is 1. The van der Waals surface area contributed by atoms with Gasteiger partial charge in [-0.1, -0.05) is 23.7 Å². The van der Waals surface area contributed by atoms with Gasteiger partial charge in [-0.05, 0) is 49.2 Å². The molecule has 0 saturated heterocycles. The van der Waals surface area contributed by atoms with Crippen LogP contribution in [0.25, 0.3) is 0 Å². The Kier molecular flexibility index (Phi) is 4.01. The van der Waals surface area contributed by atoms with Crippen LogP contribution in [0.1, 0.15) is 11.1 Å². The molecule has 0 aliphatic carbocycles. The fraction of sp³-hybridized carbons (Fsp3) is 0.143. The molecule has 0 aliphatic heterocycles. The van der Waals surface area contributed by atoms with Gasteiger partial charge in [0.25, 0.3) is 10.0 Å². The Balaban J connectivity index is 2.43. The molecule has 0 fully saturated rings. The van der Waals surface area contributed by atoms with Crippen molar-refractivity contribution in [2.75, 3.05) is 4.72 Å². The predicted octanol–water partition coefficient (Wildman–Crippen LogP) is 3.90. The standard InChI is InChI=1S/C14H13ClFNO2S/c1-9-4-6-14(11(15)7-9)20(18,19)17-13-8-10(2)3-5-12(13)16/h3-8,17H,1-2H3. The molecule has 20 heavy (non-hydrogen) atoms. The minimum atomic E-state index is -3.92. The maximum Gasteiger partial charge on any atom is 0.263 e. The van der Waals surface area contributed by atoms with Crippen molar-refractivity contribution in [2.45, 2.75) is 18.7 Å². The van der Waals surface area contributed by atoms with Crippen molar-refractivity contribution >= 4 is 27.3 Å². The molecule has 0 radical (unpaired) electrons. The quantitative estimate of drug-likeness (QED) is 0.934. The van der Waals surface area contributed by atoms with Crippen LogP contribution in [0.15, 0.2) is 41.3 Å². The number of hydrogen-bond acceptors (Lipinski definition) is 2. The molecular weight excluding hydrogens is 301 g/mol. The normalized spacial score (nSPS) is 11.4. The Labute approximate surface area is 122 Å². The Morgan fingerprint density at radius 2 is 1.65 bits per heavy atom. The van der Waals surface area contributed by atoms with Crippen LogP contribution in [-0.2, 0) is 10.0 Å². The number of aryl methyl sites for hydroxylation is 2. The van der Waals surface area contributed by atoms with Gasteiger partial charge in [-0.2, -0.15) is 0 Å². The van der Waals surface area contributed by atoms with Gasteiger partial charge in [0.2, 0.25) is 0 Å². The zero-order valence-electron chi connectivity index (χ0n) is 10.9. The third-order valence-corrected chi connectivity index (χ3v) is 4.59. The van der Waals surface area contributed by atoms with E-state index in [-0.39, 0.29) is 15.6 Å². The maximum absolute atomic E-state index is 13.6. The van der Waals surface area contributed by atoms with Crippen LogP contribution in [0.3, 0.4) is 0 Å². The van der Waals surface area contributed by atoms with Crippen LogP contribution in [0.5, 0.6) is 0 Å². The average Bonchev–Trinajstić information content (AvgIpc) is 2.33. The van der Waals surface area contributed by atoms with Crippen molar-refractivity contribution in [3.63, 3.8) is 0 Å². The number of anilines is 1. The molecular formula is C14H13ClFNO2S. The van der Waals surface area contributed by atoms with E-state index in [4.69, 9.17) is 11.6 Å². The summed E-state index contributed by atoms with van der Waals surface area (Å²) in [5, 5.41) is 0.102. The summed E-state index contributed by atoms with van der Waals surface area (Å²) in [6, 6.07) is 8.77. The van der Waals surface area contributed by atoms with E-state index in [0.717, 1.165) is 11.1 Å². The third-order valence-electron chi connectivity index (χ3n) is 2.74. The highest BCUT2D eigenvalue weighted by atomic mass is 35.5. The monoisotopic (exact) mass is 313 g/mol. The molecule has 0 unspecified atom stereocenters. The number of nitrogens with one attached hydrogen (secondary N) is 1. The Morgan fingerprint density at radius 1 is 1.05 bits per heavy atom. The van der Waals surface area contributed by atoms with Gasteiger partial charge in [-0.3, -0.25) is 4.72 Å². The molecule has 0 saturated carbocycles. The molecule has 3 nitrogen and oxygen atoms in total. The molecule has 1 N–H and O–H groups in total. The summed E-state index contributed by atoms with van der Waals surface area (Å²) < 4.78 is 40.3. The van der Waals surface area contributed by atoms with E-state index >= 15 is 0 Å². The minimum absolute atomic E-state index is 0.0781. The van der Waals surface area contributed by atoms with Crippen LogP contribution in [0, 0.1) is 19.7 Å². The summed E-state index contributed by atoms with van der Waals surface area (Å²) in [6.07, 6.45) is 0. The van der Waals surface area contributed by atoms with Gasteiger partial charge in [0, 0.05) is 0 Å². The Hall–Kier alpha value is -1.59. The van der Waals surface area contributed by atoms with E-state index in [1.807, 2.05) is 0 Å². The Bertz CT molecular complexity index is 760. The second-order valence-corrected chi connectivity index (χ2v) is 6.58. The van der Waals surface area contributed by atoms with Crippen molar-refractivity contribution in [1.82, 2.24) is 0 Å². The molecule has 0 amide bonds. The van der Waals surface area contributed by atoms with Gasteiger partial charge in [0.05, 0.1) is 10.7 Å². The van der Waals surface area contributed by atoms with Crippen LogP contribution in [-0.4, -0.2) is 8.42 Å². The average molecular weight is 314 g/mol. The maximum atomic E-state index is 13.6. The van der Waals surface area contributed by atoms with Crippen LogP contribution in [0.4, 0.5) is 10.1 Å². The van der Waals surface area contributed by atoms with E-state index in [0.29, 0.717) is 0 Å². The SMILES string of the molecule is Cc1ccc(S(=O)(=O)Nc2cc(C)ccc2F)c(Cl)c1. The first-order valence-corrected chi connectivity index (χ1v) is 7.71. The van der Waals surface area contributed by atoms with Crippen molar-refractivity contribution < 1.29 is 12.8 Å². The van der Waals surface area contributed by atoms with Crippen molar-refractivity contribution in [1.29, 1.82) is 0 Å². The van der Waals surface area contributed by atoms with E-state index in [2.05, 4.69) is 4.72 Å². The molecule has 2 rings (SSSR count). The number of rotatable bonds is 3. The molecule has 106 valence electrons. The zero-order chi connectivity index (χ0) is 14.9. The van der Waals surface area contributed by atoms with Crippen molar-refractivity contribution in [2.24, 2.45) is 0 Å². The predicted molar refractivity (Wildman–Crippen MR) is 78.1 cm³/mol. The zero-order valence-corrected chi connectivity index (χ0v) is 12.5. The van der Waals surface area contributed by atoms with E-state index in [1.165, 1.54) is 18.2 Å². The van der Waals surface area contributed by atoms with Crippen LogP contribution in [0.2, 0.25) is 5.02 Å². The first-order valence-electron chi connectivity index (χ1n) is 5.85. The van der Waals surface area contributed by atoms with Gasteiger partial charge in [0.1, 0.15) is 10.7 Å². The first-order chi connectivity index (χ1) is 9.29. The lowest BCUT2D eigenvalue weighted by molar-refractivity contribution is 0.598. The van der Waals surface area contributed by atoms with E-state index in [9.17, 15) is 12.8 Å². The van der Waals surface area contributed by atoms with Crippen molar-refractivity contribution in [3.05, 3.63) is 58.4 Å². The number of benzene rings is 2. The molecule has 0 atom stereocenters. The van der Waals surface area contributed by atoms with E-state index in [1.54, 1.807) is 32.0 Å². The molecule has 0 bridgehead atoms. The lowest BCUT2D eigenvalue weighted by Crippen LogP contribution is -2.14. The topological polar surface area (TPSA) is 46.2 Å². The second-order valence-electron chi connectivity index (χ2n) is 4.52. The molecule has 0 heterocycles. The van der Waals surface area contributed by atoms with Gasteiger partial charge < -0.3 is 0 Å². The number of halogens is 2. The van der Waals surface area contributed by atoms with E-state index < -0.39 is 15.8 Å². The summed E-state index contributed by atoms with van der Waals surface area (Å²) in [6.45, 7) is 3.55. The molecule has 0 spiro atoms. The van der Waals surface area contributed by atoms with Gasteiger partial charge in [-0.15, -0.1) is 0 Å². The highest BCUT2D eigenvalue weighted by Gasteiger charge is 2.19. The van der Waals surface area contributed by atoms with Gasteiger partial charge in [-0.25, -0.2) is 12.8 Å². The lowest BCUT2D eigenvalue weighted by Gasteiger charge is -2.11. The summed E-state index contributed by atoms with van der Waals surface area (Å²) in [5.74, 6) is -0.637. The fourth-order valence-electron chi connectivity index (χ4n) is 1.74. The fourth-order valence-corrected chi connectivity index (χ4v) is 3.40. The summed E-state index contributed by atoms with van der Waals surface area (Å²) in [4.78, 5) is -0.0781. The largest absolute Gasteiger partial charge is 0.277 e. The minimum Gasteiger partial charge on any atom is -0.277 e. The molecule has 0 aliphatic rings. The Morgan fingerprint density at radius 3 is 2.30 bits per heavy atom. The third kappa shape index (κ3) is 3.11. The second kappa shape index (κ2) is 5.42. The molecule has 2 aromatic rings.